The largest absolute Gasteiger partial charge is 2.00 e. The van der Waals surface area contributed by atoms with Gasteiger partial charge in [-0.1, -0.05) is 88.4 Å². The van der Waals surface area contributed by atoms with Gasteiger partial charge in [0.05, 0.1) is 67.2 Å². The van der Waals surface area contributed by atoms with Crippen LogP contribution in [0.25, 0.3) is 0 Å². The molecule has 6 atom stereocenters. The molecule has 0 bridgehead atoms. The first-order chi connectivity index (χ1) is 37.6. The van der Waals surface area contributed by atoms with E-state index in [0.29, 0.717) is 42.9 Å². The van der Waals surface area contributed by atoms with Gasteiger partial charge in [0.25, 0.3) is 5.69 Å². The maximum Gasteiger partial charge on any atom is 2.00 e. The number of nitrogens with two attached hydrogens (primary N) is 1. The number of rotatable bonds is 27. The van der Waals surface area contributed by atoms with Crippen molar-refractivity contribution in [1.29, 1.82) is 0 Å². The molecule has 0 radical (unpaired) electrons. The van der Waals surface area contributed by atoms with E-state index in [9.17, 15) is 65.2 Å². The summed E-state index contributed by atoms with van der Waals surface area (Å²) >= 11 is 0. The molecule has 4 aromatic rings. The Balaban J connectivity index is 0.000000345. The molecule has 81 heavy (non-hydrogen) atoms. The van der Waals surface area contributed by atoms with Crippen LogP contribution in [0, 0.1) is 22.0 Å². The molecule has 6 rings (SSSR count). The molecule has 0 spiro atoms. The second-order valence-corrected chi connectivity index (χ2v) is 25.8. The minimum absolute atomic E-state index is 0. The van der Waals surface area contributed by atoms with Gasteiger partial charge in [-0.05, 0) is 72.2 Å². The summed E-state index contributed by atoms with van der Waals surface area (Å²) < 4.78 is 112. The number of anilines is 1. The molecular formula is C50H68CaN6O20P2S2. The number of benzene rings is 4. The fourth-order valence-corrected chi connectivity index (χ4v) is 12.8. The van der Waals surface area contributed by atoms with Gasteiger partial charge in [0.1, 0.15) is 18.3 Å². The van der Waals surface area contributed by atoms with Crippen molar-refractivity contribution in [2.24, 2.45) is 11.8 Å². The molecule has 0 saturated carbocycles. The van der Waals surface area contributed by atoms with Crippen molar-refractivity contribution >= 4 is 97.0 Å². The summed E-state index contributed by atoms with van der Waals surface area (Å²) in [6.45, 7) is 7.14. The first kappa shape index (κ1) is 69.3. The standard InChI is InChI=1S/C25H34N3O11PS.C25H36N3O9PS.Ca/c1-18(2)15-27(41(35,36)22-10-8-20(9-11-22)28(30)31)16-24(39-40(32,33)34)23(14-19-6-4-3-5-7-19)26-25(29)38-21-12-13-37-17-21;1-18(2)15-28(39(33,34)22-10-8-20(26)9-11-22)16-24(37-38(30,31)32)23(14-19-6-4-3-5-7-19)27-25(29)36-21-12-13-35-17-21;/h3-11,18,21,23-24H,12-17H2,1-2H3,(H,26,29)(H2,32,33,34);3-11,18,21,23-24H,12-17,26H2,1-2H3,(H,27,29)(H2,30,31,32);/q;;+2/p-2/t2*21-,23+,24-;/m11./s1. The number of nitrogen functional groups attached to an aromatic ring is 1. The van der Waals surface area contributed by atoms with E-state index in [2.05, 4.69) is 10.6 Å². The maximum atomic E-state index is 13.7. The monoisotopic (exact) mass is 1240 g/mol. The van der Waals surface area contributed by atoms with Gasteiger partial charge in [0.2, 0.25) is 20.0 Å². The van der Waals surface area contributed by atoms with Crippen LogP contribution in [0.15, 0.2) is 119 Å². The number of carbonyl (C=O) groups is 2. The number of non-ortho nitro benzene ring substituents is 1. The summed E-state index contributed by atoms with van der Waals surface area (Å²) in [6.07, 6.45) is -4.82. The number of amides is 2. The molecule has 6 N–H and O–H groups in total. The molecule has 442 valence electrons. The van der Waals surface area contributed by atoms with Crippen LogP contribution >= 0.6 is 15.6 Å². The summed E-state index contributed by atoms with van der Waals surface area (Å²) in [4.78, 5) is 78.8. The third-order valence-corrected chi connectivity index (χ3v) is 16.8. The van der Waals surface area contributed by atoms with Crippen molar-refractivity contribution < 1.29 is 88.0 Å². The number of nitrogens with one attached hydrogen (secondary N) is 2. The molecule has 4 aromatic carbocycles. The van der Waals surface area contributed by atoms with Crippen molar-refractivity contribution in [3.63, 3.8) is 0 Å². The second kappa shape index (κ2) is 32.2. The normalized spacial score (nSPS) is 17.3. The molecular weight excluding hydrogens is 1170 g/mol. The summed E-state index contributed by atoms with van der Waals surface area (Å²) in [5.74, 6) is -0.403. The number of nitrogens with zero attached hydrogens (tertiary/aromatic N) is 3. The van der Waals surface area contributed by atoms with Crippen molar-refractivity contribution in [2.75, 3.05) is 58.3 Å². The van der Waals surface area contributed by atoms with E-state index in [-0.39, 0.29) is 104 Å². The van der Waals surface area contributed by atoms with Gasteiger partial charge in [0, 0.05) is 56.8 Å². The Morgan fingerprint density at radius 1 is 0.667 bits per heavy atom. The van der Waals surface area contributed by atoms with Crippen LogP contribution < -0.4 is 26.2 Å². The predicted octanol–water partition coefficient (Wildman–Crippen LogP) is 3.72. The molecule has 2 heterocycles. The van der Waals surface area contributed by atoms with Gasteiger partial charge in [-0.3, -0.25) is 14.6 Å². The number of carbonyl (C=O) groups excluding carboxylic acids is 2. The average molecular weight is 1240 g/mol. The summed E-state index contributed by atoms with van der Waals surface area (Å²) in [5, 5.41) is 16.2. The summed E-state index contributed by atoms with van der Waals surface area (Å²) in [5.41, 5.74) is 7.12. The molecule has 0 aliphatic carbocycles. The van der Waals surface area contributed by atoms with E-state index in [1.165, 1.54) is 24.3 Å². The van der Waals surface area contributed by atoms with Gasteiger partial charge < -0.3 is 64.0 Å². The Labute approximate surface area is 501 Å². The number of hydrogen-bond acceptors (Lipinski definition) is 19. The Morgan fingerprint density at radius 3 is 1.38 bits per heavy atom. The van der Waals surface area contributed by atoms with Crippen LogP contribution in [0.1, 0.15) is 51.7 Å². The Kier molecular flexibility index (Phi) is 27.6. The van der Waals surface area contributed by atoms with E-state index >= 15 is 0 Å². The van der Waals surface area contributed by atoms with Crippen LogP contribution in [0.4, 0.5) is 21.0 Å². The van der Waals surface area contributed by atoms with E-state index in [1.807, 2.05) is 0 Å². The SMILES string of the molecule is CC(C)CN(C[C@@H](OP(=O)(O)O)[C@H](Cc1ccccc1)NC(=O)O[C@@H]1CCOC1)S(=O)(=O)c1ccc([N+](=O)[O-])cc1.CC(C)CN(C[C@@H](OP(=O)([O-])[O-])[C@H](Cc1ccccc1)NC(=O)O[C@@H]1CCOC1)S(=O)(=O)c1ccc(N)cc1.[Ca+2]. The van der Waals surface area contributed by atoms with Crippen LogP contribution in [0.3, 0.4) is 0 Å². The van der Waals surface area contributed by atoms with Crippen molar-refractivity contribution in [1.82, 2.24) is 19.2 Å². The first-order valence-electron chi connectivity index (χ1n) is 25.3. The molecule has 2 aliphatic heterocycles. The Morgan fingerprint density at radius 2 is 1.05 bits per heavy atom. The van der Waals surface area contributed by atoms with Gasteiger partial charge in [-0.25, -0.2) is 31.0 Å². The number of sulfonamides is 2. The third-order valence-electron chi connectivity index (χ3n) is 12.1. The number of hydrogen-bond donors (Lipinski definition) is 5. The van der Waals surface area contributed by atoms with E-state index < -0.39 is 102 Å². The number of nitro benzene ring substituents is 1. The van der Waals surface area contributed by atoms with E-state index in [0.717, 1.165) is 32.9 Å². The van der Waals surface area contributed by atoms with Crippen molar-refractivity contribution in [2.45, 2.75) is 99.7 Å². The summed E-state index contributed by atoms with van der Waals surface area (Å²) in [6, 6.07) is 25.0. The second-order valence-electron chi connectivity index (χ2n) is 19.6. The quantitative estimate of drug-likeness (QED) is 0.0187. The number of nitro groups is 1. The van der Waals surface area contributed by atoms with Gasteiger partial charge >= 0.3 is 57.7 Å². The minimum atomic E-state index is -5.62. The van der Waals surface area contributed by atoms with Crippen molar-refractivity contribution in [3.8, 4) is 0 Å². The van der Waals surface area contributed by atoms with Crippen LogP contribution in [-0.4, -0.2) is 179 Å². The van der Waals surface area contributed by atoms with Crippen LogP contribution in [0.5, 0.6) is 0 Å². The molecule has 31 heteroatoms. The zero-order valence-electron chi connectivity index (χ0n) is 45.1. The fraction of sp³-hybridized carbons (Fsp3) is 0.480. The smallest absolute Gasteiger partial charge is 0.790 e. The zero-order chi connectivity index (χ0) is 58.8. The van der Waals surface area contributed by atoms with Crippen LogP contribution in [-0.2, 0) is 70.0 Å². The minimum Gasteiger partial charge on any atom is -0.790 e. The first-order valence-corrected chi connectivity index (χ1v) is 31.2. The predicted molar refractivity (Wildman–Crippen MR) is 292 cm³/mol. The maximum absolute atomic E-state index is 13.7. The third kappa shape index (κ3) is 23.8. The van der Waals surface area contributed by atoms with Gasteiger partial charge in [-0.2, -0.15) is 8.61 Å². The van der Waals surface area contributed by atoms with Gasteiger partial charge in [-0.15, -0.1) is 0 Å². The fourth-order valence-electron chi connectivity index (χ4n) is 8.42. The molecule has 26 nitrogen and oxygen atoms in total. The number of alkyl carbamates (subject to hydrolysis) is 2. The summed E-state index contributed by atoms with van der Waals surface area (Å²) in [7, 11) is -19.3. The van der Waals surface area contributed by atoms with Crippen molar-refractivity contribution in [3.05, 3.63) is 130 Å². The van der Waals surface area contributed by atoms with Crippen LogP contribution in [0.2, 0.25) is 0 Å². The van der Waals surface area contributed by atoms with E-state index in [4.69, 9.17) is 33.7 Å². The molecule has 2 fully saturated rings. The molecule has 2 aliphatic rings. The number of phosphoric ester groups is 2. The molecule has 2 amide bonds. The number of phosphoric acid groups is 2. The Bertz CT molecular complexity index is 2940. The average Bonchev–Trinajstić information content (AvgIpc) is 4.10. The number of ether oxygens (including phenoxy) is 4. The Hall–Kier alpha value is -4.16. The molecule has 2 saturated heterocycles. The topological polar surface area (TPSA) is 378 Å². The van der Waals surface area contributed by atoms with E-state index in [1.54, 1.807) is 88.4 Å². The van der Waals surface area contributed by atoms with Gasteiger partial charge in [0.15, 0.2) is 0 Å². The zero-order valence-corrected chi connectivity index (χ0v) is 50.7. The molecule has 0 aromatic heterocycles. The molecule has 0 unspecified atom stereocenters.